The molecule has 2 heteroatoms. The van der Waals surface area contributed by atoms with E-state index in [1.165, 1.54) is 38.6 Å². The third-order valence-electron chi connectivity index (χ3n) is 4.40. The lowest BCUT2D eigenvalue weighted by molar-refractivity contribution is 0.0965. The average molecular weight is 226 g/mol. The van der Waals surface area contributed by atoms with Crippen LogP contribution in [0.1, 0.15) is 52.9 Å². The quantitative estimate of drug-likeness (QED) is 0.689. The lowest BCUT2D eigenvalue weighted by Gasteiger charge is -2.41. The molecule has 0 saturated heterocycles. The molecule has 0 heterocycles. The van der Waals surface area contributed by atoms with Crippen LogP contribution >= 0.6 is 0 Å². The van der Waals surface area contributed by atoms with Crippen LogP contribution in [-0.4, -0.2) is 30.6 Å². The summed E-state index contributed by atoms with van der Waals surface area (Å²) in [6.07, 6.45) is 6.39. The van der Waals surface area contributed by atoms with Gasteiger partial charge in [-0.15, -0.1) is 0 Å². The highest BCUT2D eigenvalue weighted by Crippen LogP contribution is 2.40. The SMILES string of the molecule is CCCC(CN)(CCC)N(C)CC1CC1C. The molecule has 2 nitrogen and oxygen atoms in total. The Morgan fingerprint density at radius 2 is 1.75 bits per heavy atom. The highest BCUT2D eigenvalue weighted by atomic mass is 15.2. The molecule has 0 aromatic heterocycles. The summed E-state index contributed by atoms with van der Waals surface area (Å²) in [6, 6.07) is 0. The van der Waals surface area contributed by atoms with Gasteiger partial charge in [0.2, 0.25) is 0 Å². The van der Waals surface area contributed by atoms with E-state index in [0.717, 1.165) is 18.4 Å². The maximum atomic E-state index is 6.07. The van der Waals surface area contributed by atoms with Crippen molar-refractivity contribution >= 4 is 0 Å². The van der Waals surface area contributed by atoms with Gasteiger partial charge in [-0.1, -0.05) is 33.6 Å². The first-order valence-electron chi connectivity index (χ1n) is 7.01. The van der Waals surface area contributed by atoms with Crippen molar-refractivity contribution in [2.24, 2.45) is 17.6 Å². The van der Waals surface area contributed by atoms with Gasteiger partial charge in [0.25, 0.3) is 0 Å². The number of rotatable bonds is 8. The number of nitrogens with two attached hydrogens (primary N) is 1. The summed E-state index contributed by atoms with van der Waals surface area (Å²) < 4.78 is 0. The van der Waals surface area contributed by atoms with E-state index in [1.54, 1.807) is 0 Å². The topological polar surface area (TPSA) is 29.3 Å². The van der Waals surface area contributed by atoms with Crippen LogP contribution in [0.5, 0.6) is 0 Å². The highest BCUT2D eigenvalue weighted by molar-refractivity contribution is 4.94. The summed E-state index contributed by atoms with van der Waals surface area (Å²) in [5, 5.41) is 0. The van der Waals surface area contributed by atoms with Crippen molar-refractivity contribution in [2.45, 2.75) is 58.4 Å². The Kier molecular flexibility index (Phi) is 5.26. The predicted octanol–water partition coefficient (Wildman–Crippen LogP) is 2.87. The van der Waals surface area contributed by atoms with Crippen molar-refractivity contribution in [3.8, 4) is 0 Å². The van der Waals surface area contributed by atoms with E-state index in [2.05, 4.69) is 32.7 Å². The zero-order chi connectivity index (χ0) is 12.2. The van der Waals surface area contributed by atoms with E-state index in [1.807, 2.05) is 0 Å². The van der Waals surface area contributed by atoms with Gasteiger partial charge in [0.1, 0.15) is 0 Å². The Labute approximate surface area is 102 Å². The van der Waals surface area contributed by atoms with Gasteiger partial charge in [-0.2, -0.15) is 0 Å². The van der Waals surface area contributed by atoms with E-state index in [9.17, 15) is 0 Å². The molecule has 2 unspecified atom stereocenters. The first-order valence-corrected chi connectivity index (χ1v) is 7.01. The monoisotopic (exact) mass is 226 g/mol. The van der Waals surface area contributed by atoms with E-state index in [4.69, 9.17) is 5.73 Å². The molecule has 1 saturated carbocycles. The van der Waals surface area contributed by atoms with Crippen LogP contribution in [0, 0.1) is 11.8 Å². The van der Waals surface area contributed by atoms with Gasteiger partial charge in [0.15, 0.2) is 0 Å². The van der Waals surface area contributed by atoms with Crippen molar-refractivity contribution in [3.63, 3.8) is 0 Å². The van der Waals surface area contributed by atoms with E-state index < -0.39 is 0 Å². The molecule has 0 aromatic carbocycles. The molecular formula is C14H30N2. The summed E-state index contributed by atoms with van der Waals surface area (Å²) in [5.74, 6) is 1.88. The number of hydrogen-bond acceptors (Lipinski definition) is 2. The Hall–Kier alpha value is -0.0800. The second-order valence-corrected chi connectivity index (χ2v) is 5.78. The van der Waals surface area contributed by atoms with Crippen molar-refractivity contribution in [1.82, 2.24) is 4.90 Å². The Bertz CT molecular complexity index is 197. The van der Waals surface area contributed by atoms with Gasteiger partial charge < -0.3 is 5.73 Å². The summed E-state index contributed by atoms with van der Waals surface area (Å²) >= 11 is 0. The molecule has 0 aromatic rings. The minimum Gasteiger partial charge on any atom is -0.329 e. The molecule has 0 radical (unpaired) electrons. The highest BCUT2D eigenvalue weighted by Gasteiger charge is 2.38. The number of likely N-dealkylation sites (N-methyl/N-ethyl adjacent to an activating group) is 1. The maximum absolute atomic E-state index is 6.07. The minimum absolute atomic E-state index is 0.270. The summed E-state index contributed by atoms with van der Waals surface area (Å²) in [7, 11) is 2.28. The third-order valence-corrected chi connectivity index (χ3v) is 4.40. The standard InChI is InChI=1S/C14H30N2/c1-5-7-14(11-15,8-6-2)16(4)10-13-9-12(13)3/h12-13H,5-11,15H2,1-4H3. The Morgan fingerprint density at radius 3 is 2.06 bits per heavy atom. The molecule has 0 spiro atoms. The summed E-state index contributed by atoms with van der Waals surface area (Å²) in [6.45, 7) is 8.97. The zero-order valence-electron chi connectivity index (χ0n) is 11.6. The molecule has 1 aliphatic rings. The van der Waals surface area contributed by atoms with Crippen molar-refractivity contribution in [2.75, 3.05) is 20.1 Å². The fourth-order valence-corrected chi connectivity index (χ4v) is 3.00. The van der Waals surface area contributed by atoms with E-state index >= 15 is 0 Å². The van der Waals surface area contributed by atoms with Crippen LogP contribution in [-0.2, 0) is 0 Å². The van der Waals surface area contributed by atoms with Gasteiger partial charge in [-0.25, -0.2) is 0 Å². The van der Waals surface area contributed by atoms with Crippen LogP contribution in [0.2, 0.25) is 0 Å². The first-order chi connectivity index (χ1) is 7.59. The van der Waals surface area contributed by atoms with Crippen molar-refractivity contribution in [1.29, 1.82) is 0 Å². The summed E-state index contributed by atoms with van der Waals surface area (Å²) in [5.41, 5.74) is 6.34. The minimum atomic E-state index is 0.270. The van der Waals surface area contributed by atoms with E-state index in [0.29, 0.717) is 0 Å². The normalized spacial score (nSPS) is 25.1. The summed E-state index contributed by atoms with van der Waals surface area (Å²) in [4.78, 5) is 2.56. The second-order valence-electron chi connectivity index (χ2n) is 5.78. The first kappa shape index (κ1) is 14.0. The molecule has 2 atom stereocenters. The largest absolute Gasteiger partial charge is 0.329 e. The van der Waals surface area contributed by atoms with Crippen LogP contribution in [0.3, 0.4) is 0 Å². The predicted molar refractivity (Wildman–Crippen MR) is 71.5 cm³/mol. The molecule has 96 valence electrons. The molecule has 16 heavy (non-hydrogen) atoms. The van der Waals surface area contributed by atoms with E-state index in [-0.39, 0.29) is 5.54 Å². The molecule has 0 bridgehead atoms. The van der Waals surface area contributed by atoms with Gasteiger partial charge in [0.05, 0.1) is 0 Å². The second kappa shape index (κ2) is 6.02. The Morgan fingerprint density at radius 1 is 1.25 bits per heavy atom. The molecule has 2 N–H and O–H groups in total. The smallest absolute Gasteiger partial charge is 0.0328 e. The van der Waals surface area contributed by atoms with Crippen LogP contribution in [0.4, 0.5) is 0 Å². The number of hydrogen-bond donors (Lipinski definition) is 1. The molecule has 0 aliphatic heterocycles. The van der Waals surface area contributed by atoms with Crippen LogP contribution in [0.25, 0.3) is 0 Å². The van der Waals surface area contributed by atoms with Gasteiger partial charge in [0, 0.05) is 18.6 Å². The van der Waals surface area contributed by atoms with Gasteiger partial charge in [-0.3, -0.25) is 4.90 Å². The third kappa shape index (κ3) is 3.21. The fourth-order valence-electron chi connectivity index (χ4n) is 3.00. The lowest BCUT2D eigenvalue weighted by Crippen LogP contribution is -2.52. The van der Waals surface area contributed by atoms with Gasteiger partial charge in [-0.05, 0) is 38.1 Å². The maximum Gasteiger partial charge on any atom is 0.0328 e. The molecule has 1 aliphatic carbocycles. The zero-order valence-corrected chi connectivity index (χ0v) is 11.6. The lowest BCUT2D eigenvalue weighted by atomic mass is 9.87. The fraction of sp³-hybridized carbons (Fsp3) is 1.00. The number of nitrogens with zero attached hydrogens (tertiary/aromatic N) is 1. The van der Waals surface area contributed by atoms with Crippen molar-refractivity contribution in [3.05, 3.63) is 0 Å². The van der Waals surface area contributed by atoms with Crippen LogP contribution in [0.15, 0.2) is 0 Å². The molecule has 1 rings (SSSR count). The van der Waals surface area contributed by atoms with Crippen LogP contribution < -0.4 is 5.73 Å². The average Bonchev–Trinajstić information content (AvgIpc) is 2.93. The van der Waals surface area contributed by atoms with Gasteiger partial charge >= 0.3 is 0 Å². The van der Waals surface area contributed by atoms with Crippen molar-refractivity contribution < 1.29 is 0 Å². The Balaban J connectivity index is 2.57. The molecular weight excluding hydrogens is 196 g/mol. The molecule has 1 fully saturated rings. The molecule has 0 amide bonds.